The highest BCUT2D eigenvalue weighted by Crippen LogP contribution is 2.20. The van der Waals surface area contributed by atoms with Gasteiger partial charge in [-0.1, -0.05) is 28.1 Å². The van der Waals surface area contributed by atoms with Gasteiger partial charge in [-0.15, -0.1) is 11.8 Å². The van der Waals surface area contributed by atoms with Crippen molar-refractivity contribution in [1.82, 2.24) is 10.2 Å². The molecule has 0 aromatic heterocycles. The fourth-order valence-electron chi connectivity index (χ4n) is 2.08. The molecular weight excluding hydrogens is 372 g/mol. The Balaban J connectivity index is 2.02. The Bertz CT molecular complexity index is 579. The normalized spacial score (nSPS) is 15.7. The van der Waals surface area contributed by atoms with E-state index in [1.165, 1.54) is 16.7 Å². The molecule has 1 heterocycles. The lowest BCUT2D eigenvalue weighted by atomic mass is 10.0. The van der Waals surface area contributed by atoms with E-state index in [0.717, 1.165) is 4.47 Å². The molecule has 1 aromatic carbocycles. The average molecular weight is 387 g/mol. The number of aliphatic carboxylic acids is 1. The molecule has 1 aromatic rings. The maximum Gasteiger partial charge on any atom is 0.305 e. The number of carbonyl (C=O) groups excluding carboxylic acids is 2. The third-order valence-corrected chi connectivity index (χ3v) is 4.62. The van der Waals surface area contributed by atoms with E-state index in [-0.39, 0.29) is 24.8 Å². The van der Waals surface area contributed by atoms with Gasteiger partial charge in [0, 0.05) is 4.47 Å². The topological polar surface area (TPSA) is 86.7 Å². The number of amides is 2. The molecule has 22 heavy (non-hydrogen) atoms. The van der Waals surface area contributed by atoms with Gasteiger partial charge in [-0.2, -0.15) is 0 Å². The highest BCUT2D eigenvalue weighted by molar-refractivity contribution is 9.10. The number of hydrogen-bond donors (Lipinski definition) is 2. The van der Waals surface area contributed by atoms with Crippen LogP contribution in [0.5, 0.6) is 0 Å². The summed E-state index contributed by atoms with van der Waals surface area (Å²) < 4.78 is 0.872. The number of thioether (sulfide) groups is 1. The van der Waals surface area contributed by atoms with Crippen molar-refractivity contribution < 1.29 is 19.5 Å². The lowest BCUT2D eigenvalue weighted by Gasteiger charge is -2.20. The molecule has 1 aliphatic heterocycles. The minimum atomic E-state index is -0.999. The molecule has 0 bridgehead atoms. The second-order valence-corrected chi connectivity index (χ2v) is 6.71. The molecule has 1 saturated heterocycles. The van der Waals surface area contributed by atoms with Gasteiger partial charge in [-0.05, 0) is 17.7 Å². The molecule has 2 amide bonds. The fraction of sp³-hybridized carbons (Fsp3) is 0.357. The van der Waals surface area contributed by atoms with Crippen molar-refractivity contribution >= 4 is 45.5 Å². The molecule has 0 radical (unpaired) electrons. The van der Waals surface area contributed by atoms with E-state index in [9.17, 15) is 14.4 Å². The molecule has 118 valence electrons. The van der Waals surface area contributed by atoms with Crippen LogP contribution in [0, 0.1) is 0 Å². The predicted octanol–water partition coefficient (Wildman–Crippen LogP) is 1.61. The zero-order valence-corrected chi connectivity index (χ0v) is 14.0. The van der Waals surface area contributed by atoms with Gasteiger partial charge in [-0.3, -0.25) is 14.4 Å². The number of carboxylic acids is 1. The van der Waals surface area contributed by atoms with Crippen LogP contribution in [0.3, 0.4) is 0 Å². The van der Waals surface area contributed by atoms with Crippen LogP contribution < -0.4 is 5.32 Å². The Morgan fingerprint density at radius 1 is 1.36 bits per heavy atom. The van der Waals surface area contributed by atoms with Crippen molar-refractivity contribution in [3.05, 3.63) is 34.3 Å². The van der Waals surface area contributed by atoms with Crippen LogP contribution in [0.15, 0.2) is 28.7 Å². The first-order valence-corrected chi connectivity index (χ1v) is 8.52. The van der Waals surface area contributed by atoms with E-state index in [0.29, 0.717) is 17.2 Å². The minimum Gasteiger partial charge on any atom is -0.481 e. The SMILES string of the molecule is O=C(O)C[C@H](NC(=O)CN1CSCC1=O)c1ccc(Br)cc1. The first-order valence-electron chi connectivity index (χ1n) is 6.58. The Morgan fingerprint density at radius 2 is 2.05 bits per heavy atom. The van der Waals surface area contributed by atoms with Crippen LogP contribution >= 0.6 is 27.7 Å². The van der Waals surface area contributed by atoms with E-state index in [2.05, 4.69) is 21.2 Å². The van der Waals surface area contributed by atoms with Crippen molar-refractivity contribution in [3.8, 4) is 0 Å². The second kappa shape index (κ2) is 7.64. The number of halogens is 1. The molecule has 1 atom stereocenters. The van der Waals surface area contributed by atoms with Crippen molar-refractivity contribution in [2.75, 3.05) is 18.2 Å². The smallest absolute Gasteiger partial charge is 0.305 e. The van der Waals surface area contributed by atoms with Crippen LogP contribution in [0.2, 0.25) is 0 Å². The molecule has 0 aliphatic carbocycles. The summed E-state index contributed by atoms with van der Waals surface area (Å²) in [5.74, 6) is -0.545. The summed E-state index contributed by atoms with van der Waals surface area (Å²) in [6.07, 6.45) is -0.212. The molecule has 0 unspecified atom stereocenters. The van der Waals surface area contributed by atoms with E-state index in [1.807, 2.05) is 0 Å². The van der Waals surface area contributed by atoms with Crippen molar-refractivity contribution in [2.45, 2.75) is 12.5 Å². The van der Waals surface area contributed by atoms with Crippen molar-refractivity contribution in [3.63, 3.8) is 0 Å². The largest absolute Gasteiger partial charge is 0.481 e. The van der Waals surface area contributed by atoms with Crippen molar-refractivity contribution in [2.24, 2.45) is 0 Å². The number of nitrogens with zero attached hydrogens (tertiary/aromatic N) is 1. The first-order chi connectivity index (χ1) is 10.5. The maximum absolute atomic E-state index is 12.1. The van der Waals surface area contributed by atoms with Crippen LogP contribution in [0.25, 0.3) is 0 Å². The Kier molecular flexibility index (Phi) is 5.84. The number of nitrogens with one attached hydrogen (secondary N) is 1. The van der Waals surface area contributed by atoms with Gasteiger partial charge < -0.3 is 15.3 Å². The third kappa shape index (κ3) is 4.74. The van der Waals surface area contributed by atoms with E-state index in [1.54, 1.807) is 24.3 Å². The number of rotatable bonds is 6. The lowest BCUT2D eigenvalue weighted by molar-refractivity contribution is -0.138. The zero-order valence-electron chi connectivity index (χ0n) is 11.6. The summed E-state index contributed by atoms with van der Waals surface area (Å²) in [4.78, 5) is 36.0. The zero-order chi connectivity index (χ0) is 16.1. The average Bonchev–Trinajstić information content (AvgIpc) is 2.84. The maximum atomic E-state index is 12.1. The van der Waals surface area contributed by atoms with Gasteiger partial charge in [-0.25, -0.2) is 0 Å². The summed E-state index contributed by atoms with van der Waals surface area (Å²) in [6, 6.07) is 6.47. The number of hydrogen-bond acceptors (Lipinski definition) is 4. The number of benzene rings is 1. The summed E-state index contributed by atoms with van der Waals surface area (Å²) in [5.41, 5.74) is 0.709. The van der Waals surface area contributed by atoms with Gasteiger partial charge in [0.25, 0.3) is 0 Å². The Morgan fingerprint density at radius 3 is 2.59 bits per heavy atom. The summed E-state index contributed by atoms with van der Waals surface area (Å²) >= 11 is 4.77. The molecule has 0 saturated carbocycles. The van der Waals surface area contributed by atoms with Crippen LogP contribution in [-0.2, 0) is 14.4 Å². The van der Waals surface area contributed by atoms with Crippen LogP contribution in [-0.4, -0.2) is 46.0 Å². The number of carboxylic acid groups (broad SMARTS) is 1. The molecule has 2 rings (SSSR count). The fourth-order valence-corrected chi connectivity index (χ4v) is 3.24. The molecule has 2 N–H and O–H groups in total. The van der Waals surface area contributed by atoms with Gasteiger partial charge >= 0.3 is 5.97 Å². The molecule has 6 nitrogen and oxygen atoms in total. The number of carbonyl (C=O) groups is 3. The van der Waals surface area contributed by atoms with Crippen LogP contribution in [0.1, 0.15) is 18.0 Å². The predicted molar refractivity (Wildman–Crippen MR) is 86.3 cm³/mol. The van der Waals surface area contributed by atoms with Crippen LogP contribution in [0.4, 0.5) is 0 Å². The quantitative estimate of drug-likeness (QED) is 0.775. The van der Waals surface area contributed by atoms with Gasteiger partial charge in [0.05, 0.1) is 24.1 Å². The molecule has 0 spiro atoms. The summed E-state index contributed by atoms with van der Waals surface area (Å²) in [6.45, 7) is -0.0432. The monoisotopic (exact) mass is 386 g/mol. The summed E-state index contributed by atoms with van der Waals surface area (Å²) in [5, 5.41) is 11.7. The van der Waals surface area contributed by atoms with Gasteiger partial charge in [0.15, 0.2) is 0 Å². The highest BCUT2D eigenvalue weighted by Gasteiger charge is 2.25. The van der Waals surface area contributed by atoms with E-state index < -0.39 is 12.0 Å². The molecular formula is C14H15BrN2O4S. The first kappa shape index (κ1) is 16.8. The molecule has 1 aliphatic rings. The highest BCUT2D eigenvalue weighted by atomic mass is 79.9. The lowest BCUT2D eigenvalue weighted by Crippen LogP contribution is -2.40. The second-order valence-electron chi connectivity index (χ2n) is 4.84. The van der Waals surface area contributed by atoms with Gasteiger partial charge in [0.1, 0.15) is 6.54 Å². The molecule has 8 heteroatoms. The Labute approximate surface area is 140 Å². The van der Waals surface area contributed by atoms with Gasteiger partial charge in [0.2, 0.25) is 11.8 Å². The van der Waals surface area contributed by atoms with E-state index in [4.69, 9.17) is 5.11 Å². The van der Waals surface area contributed by atoms with E-state index >= 15 is 0 Å². The summed E-state index contributed by atoms with van der Waals surface area (Å²) in [7, 11) is 0. The minimum absolute atomic E-state index is 0.0432. The Hall–Kier alpha value is -1.54. The van der Waals surface area contributed by atoms with Crippen molar-refractivity contribution in [1.29, 1.82) is 0 Å². The standard InChI is InChI=1S/C14H15BrN2O4S/c15-10-3-1-9(2-4-10)11(5-14(20)21)16-12(18)6-17-8-22-7-13(17)19/h1-4,11H,5-8H2,(H,16,18)(H,20,21)/t11-/m0/s1. The molecule has 1 fully saturated rings. The third-order valence-electron chi connectivity index (χ3n) is 3.15.